The molecule has 0 saturated carbocycles. The van der Waals surface area contributed by atoms with Crippen LogP contribution in [0.25, 0.3) is 22.3 Å². The monoisotopic (exact) mass is 313 g/mol. The lowest BCUT2D eigenvalue weighted by atomic mass is 10.1. The molecule has 3 rings (SSSR count). The Kier molecular flexibility index (Phi) is 3.60. The summed E-state index contributed by atoms with van der Waals surface area (Å²) in [6.45, 7) is 5.41. The van der Waals surface area contributed by atoms with E-state index in [0.29, 0.717) is 16.7 Å². The highest BCUT2D eigenvalue weighted by atomic mass is 19.1. The fourth-order valence-electron chi connectivity index (χ4n) is 2.20. The first kappa shape index (κ1) is 15.1. The molecule has 118 valence electrons. The standard InChI is InChI=1S/C17H16FN3O2/c1-17(2,3)23-16(22)21-10-19-13-9-11(7-8-14(13)21)12-5-4-6-15(18)20-12/h4-10H,1-3H3. The Morgan fingerprint density at radius 1 is 1.22 bits per heavy atom. The van der Waals surface area contributed by atoms with Gasteiger partial charge in [0.25, 0.3) is 0 Å². The average molecular weight is 313 g/mol. The highest BCUT2D eigenvalue weighted by Gasteiger charge is 2.19. The summed E-state index contributed by atoms with van der Waals surface area (Å²) < 4.78 is 19.9. The average Bonchev–Trinajstić information content (AvgIpc) is 2.88. The van der Waals surface area contributed by atoms with Crippen molar-refractivity contribution in [2.24, 2.45) is 0 Å². The number of hydrogen-bond donors (Lipinski definition) is 0. The number of carbonyl (C=O) groups is 1. The summed E-state index contributed by atoms with van der Waals surface area (Å²) in [6.07, 6.45) is 0.929. The third kappa shape index (κ3) is 3.21. The first-order valence-electron chi connectivity index (χ1n) is 7.17. The Bertz CT molecular complexity index is 881. The van der Waals surface area contributed by atoms with Gasteiger partial charge in [-0.05, 0) is 45.0 Å². The van der Waals surface area contributed by atoms with Crippen LogP contribution in [-0.2, 0) is 4.74 Å². The number of imidazole rings is 1. The molecule has 0 fully saturated rings. The minimum atomic E-state index is -0.584. The molecule has 0 unspecified atom stereocenters. The fraction of sp³-hybridized carbons (Fsp3) is 0.235. The second-order valence-corrected chi connectivity index (χ2v) is 6.14. The fourth-order valence-corrected chi connectivity index (χ4v) is 2.20. The maximum Gasteiger partial charge on any atom is 0.420 e. The van der Waals surface area contributed by atoms with Crippen LogP contribution in [-0.4, -0.2) is 26.2 Å². The lowest BCUT2D eigenvalue weighted by molar-refractivity contribution is 0.0543. The van der Waals surface area contributed by atoms with E-state index in [1.165, 1.54) is 17.0 Å². The van der Waals surface area contributed by atoms with E-state index in [2.05, 4.69) is 9.97 Å². The normalized spacial score (nSPS) is 11.7. The maximum atomic E-state index is 13.2. The summed E-state index contributed by atoms with van der Waals surface area (Å²) in [5, 5.41) is 0. The van der Waals surface area contributed by atoms with Crippen molar-refractivity contribution >= 4 is 17.1 Å². The van der Waals surface area contributed by atoms with Gasteiger partial charge in [-0.3, -0.25) is 0 Å². The Morgan fingerprint density at radius 2 is 2.00 bits per heavy atom. The number of carbonyl (C=O) groups excluding carboxylic acids is 1. The molecule has 0 amide bonds. The molecule has 0 aliphatic heterocycles. The summed E-state index contributed by atoms with van der Waals surface area (Å²) in [5.74, 6) is -0.540. The Balaban J connectivity index is 1.99. The molecule has 0 N–H and O–H groups in total. The van der Waals surface area contributed by atoms with E-state index >= 15 is 0 Å². The molecule has 1 aromatic carbocycles. The lowest BCUT2D eigenvalue weighted by Gasteiger charge is -2.19. The van der Waals surface area contributed by atoms with Crippen molar-refractivity contribution in [3.8, 4) is 11.3 Å². The van der Waals surface area contributed by atoms with E-state index in [9.17, 15) is 9.18 Å². The third-order valence-electron chi connectivity index (χ3n) is 3.15. The van der Waals surface area contributed by atoms with Crippen molar-refractivity contribution in [3.05, 3.63) is 48.7 Å². The molecule has 5 nitrogen and oxygen atoms in total. The predicted octanol–water partition coefficient (Wildman–Crippen LogP) is 4.02. The van der Waals surface area contributed by atoms with Crippen molar-refractivity contribution in [2.75, 3.05) is 0 Å². The van der Waals surface area contributed by atoms with E-state index in [1.54, 1.807) is 51.1 Å². The highest BCUT2D eigenvalue weighted by Crippen LogP contribution is 2.23. The number of benzene rings is 1. The second-order valence-electron chi connectivity index (χ2n) is 6.14. The quantitative estimate of drug-likeness (QED) is 0.637. The molecule has 0 spiro atoms. The van der Waals surface area contributed by atoms with E-state index in [4.69, 9.17) is 4.74 Å². The Hall–Kier alpha value is -2.76. The molecular weight excluding hydrogens is 297 g/mol. The molecule has 0 bridgehead atoms. The second kappa shape index (κ2) is 5.46. The molecule has 23 heavy (non-hydrogen) atoms. The largest absolute Gasteiger partial charge is 0.443 e. The topological polar surface area (TPSA) is 57.0 Å². The summed E-state index contributed by atoms with van der Waals surface area (Å²) in [5.41, 5.74) is 1.89. The molecule has 0 aliphatic carbocycles. The maximum absolute atomic E-state index is 13.2. The number of aromatic nitrogens is 3. The molecular formula is C17H16FN3O2. The number of rotatable bonds is 1. The van der Waals surface area contributed by atoms with Crippen LogP contribution in [0.5, 0.6) is 0 Å². The molecule has 0 radical (unpaired) electrons. The van der Waals surface area contributed by atoms with Gasteiger partial charge in [-0.1, -0.05) is 12.1 Å². The minimum absolute atomic E-state index is 0.489. The van der Waals surface area contributed by atoms with Crippen molar-refractivity contribution in [2.45, 2.75) is 26.4 Å². The van der Waals surface area contributed by atoms with Gasteiger partial charge in [0, 0.05) is 5.56 Å². The number of nitrogens with zero attached hydrogens (tertiary/aromatic N) is 3. The van der Waals surface area contributed by atoms with E-state index < -0.39 is 17.6 Å². The first-order valence-corrected chi connectivity index (χ1v) is 7.17. The number of ether oxygens (including phenoxy) is 1. The molecule has 0 atom stereocenters. The third-order valence-corrected chi connectivity index (χ3v) is 3.15. The summed E-state index contributed by atoms with van der Waals surface area (Å²) >= 11 is 0. The van der Waals surface area contributed by atoms with Gasteiger partial charge in [-0.15, -0.1) is 0 Å². The van der Waals surface area contributed by atoms with Crippen molar-refractivity contribution in [3.63, 3.8) is 0 Å². The molecule has 2 heterocycles. The van der Waals surface area contributed by atoms with Crippen LogP contribution < -0.4 is 0 Å². The van der Waals surface area contributed by atoms with Gasteiger partial charge >= 0.3 is 6.09 Å². The number of hydrogen-bond acceptors (Lipinski definition) is 4. The van der Waals surface area contributed by atoms with Gasteiger partial charge in [-0.2, -0.15) is 4.39 Å². The summed E-state index contributed by atoms with van der Waals surface area (Å²) in [7, 11) is 0. The zero-order chi connectivity index (χ0) is 16.6. The van der Waals surface area contributed by atoms with Gasteiger partial charge in [0.1, 0.15) is 11.9 Å². The van der Waals surface area contributed by atoms with Crippen LogP contribution in [0.1, 0.15) is 20.8 Å². The first-order chi connectivity index (χ1) is 10.8. The van der Waals surface area contributed by atoms with Gasteiger partial charge in [0.05, 0.1) is 16.7 Å². The van der Waals surface area contributed by atoms with Crippen molar-refractivity contribution in [1.29, 1.82) is 0 Å². The van der Waals surface area contributed by atoms with Crippen LogP contribution in [0.2, 0.25) is 0 Å². The molecule has 2 aromatic heterocycles. The molecule has 6 heteroatoms. The number of halogens is 1. The molecule has 0 aliphatic rings. The Labute approximate surface area is 132 Å². The predicted molar refractivity (Wildman–Crippen MR) is 84.6 cm³/mol. The SMILES string of the molecule is CC(C)(C)OC(=O)n1cnc2cc(-c3cccc(F)n3)ccc21. The van der Waals surface area contributed by atoms with E-state index in [0.717, 1.165) is 5.56 Å². The lowest BCUT2D eigenvalue weighted by Crippen LogP contribution is -2.26. The molecule has 0 saturated heterocycles. The van der Waals surface area contributed by atoms with Crippen LogP contribution in [0, 0.1) is 5.95 Å². The van der Waals surface area contributed by atoms with Gasteiger partial charge < -0.3 is 4.74 Å². The highest BCUT2D eigenvalue weighted by molar-refractivity contribution is 5.89. The number of pyridine rings is 1. The Morgan fingerprint density at radius 3 is 2.70 bits per heavy atom. The van der Waals surface area contributed by atoms with E-state index in [-0.39, 0.29) is 0 Å². The summed E-state index contributed by atoms with van der Waals surface area (Å²) in [4.78, 5) is 20.2. The van der Waals surface area contributed by atoms with Crippen LogP contribution >= 0.6 is 0 Å². The van der Waals surface area contributed by atoms with Crippen molar-refractivity contribution < 1.29 is 13.9 Å². The minimum Gasteiger partial charge on any atom is -0.443 e. The van der Waals surface area contributed by atoms with Crippen LogP contribution in [0.3, 0.4) is 0 Å². The van der Waals surface area contributed by atoms with Gasteiger partial charge in [-0.25, -0.2) is 19.3 Å². The van der Waals surface area contributed by atoms with Gasteiger partial charge in [0.15, 0.2) is 0 Å². The van der Waals surface area contributed by atoms with Gasteiger partial charge in [0.2, 0.25) is 5.95 Å². The van der Waals surface area contributed by atoms with Crippen LogP contribution in [0.15, 0.2) is 42.7 Å². The summed E-state index contributed by atoms with van der Waals surface area (Å²) in [6, 6.07) is 9.88. The van der Waals surface area contributed by atoms with E-state index in [1.807, 2.05) is 0 Å². The van der Waals surface area contributed by atoms with Crippen LogP contribution in [0.4, 0.5) is 9.18 Å². The smallest absolute Gasteiger partial charge is 0.420 e. The number of fused-ring (bicyclic) bond motifs is 1. The van der Waals surface area contributed by atoms with Crippen molar-refractivity contribution in [1.82, 2.24) is 14.5 Å². The zero-order valence-electron chi connectivity index (χ0n) is 13.1. The molecule has 3 aromatic rings. The zero-order valence-corrected chi connectivity index (χ0v) is 13.1.